The monoisotopic (exact) mass is 133 g/mol. The van der Waals surface area contributed by atoms with Crippen LogP contribution in [0.3, 0.4) is 0 Å². The van der Waals surface area contributed by atoms with Crippen LogP contribution in [0.1, 0.15) is 0 Å². The van der Waals surface area contributed by atoms with E-state index in [4.69, 9.17) is 0 Å². The highest BCUT2D eigenvalue weighted by Gasteiger charge is 2.04. The molecule has 2 rings (SSSR count). The second-order valence-corrected chi connectivity index (χ2v) is 2.10. The molecule has 0 saturated carbocycles. The lowest BCUT2D eigenvalue weighted by atomic mass is 10.4. The van der Waals surface area contributed by atoms with Gasteiger partial charge in [0.15, 0.2) is 0 Å². The van der Waals surface area contributed by atoms with Crippen LogP contribution in [0.2, 0.25) is 0 Å². The van der Waals surface area contributed by atoms with Crippen molar-refractivity contribution in [3.8, 4) is 0 Å². The molecule has 1 N–H and O–H groups in total. The molecule has 3 nitrogen and oxygen atoms in total. The third-order valence-corrected chi connectivity index (χ3v) is 1.42. The highest BCUT2D eigenvalue weighted by atomic mass is 15.3. The van der Waals surface area contributed by atoms with E-state index >= 15 is 0 Å². The number of hydrogen-bond donors (Lipinski definition) is 1. The van der Waals surface area contributed by atoms with Crippen molar-refractivity contribution >= 4 is 11.5 Å². The van der Waals surface area contributed by atoms with Crippen molar-refractivity contribution in [3.63, 3.8) is 0 Å². The van der Waals surface area contributed by atoms with E-state index in [0.29, 0.717) is 0 Å². The number of rotatable bonds is 0. The van der Waals surface area contributed by atoms with Gasteiger partial charge in [-0.15, -0.1) is 0 Å². The summed E-state index contributed by atoms with van der Waals surface area (Å²) in [7, 11) is 0. The van der Waals surface area contributed by atoms with Gasteiger partial charge >= 0.3 is 0 Å². The number of fused-ring (bicyclic) bond motifs is 1. The average molecular weight is 133 g/mol. The molecular weight excluding hydrogens is 126 g/mol. The summed E-state index contributed by atoms with van der Waals surface area (Å²) in [6.45, 7) is 3.80. The minimum atomic E-state index is 0.888. The molecule has 1 aliphatic heterocycles. The third-order valence-electron chi connectivity index (χ3n) is 1.42. The lowest BCUT2D eigenvalue weighted by Crippen LogP contribution is -2.05. The molecule has 0 fully saturated rings. The van der Waals surface area contributed by atoms with Gasteiger partial charge in [0.2, 0.25) is 0 Å². The Morgan fingerprint density at radius 2 is 2.50 bits per heavy atom. The Morgan fingerprint density at radius 3 is 3.30 bits per heavy atom. The zero-order valence-corrected chi connectivity index (χ0v) is 5.41. The fourth-order valence-corrected chi connectivity index (χ4v) is 0.935. The normalized spacial score (nSPS) is 14.6. The maximum absolute atomic E-state index is 4.04. The van der Waals surface area contributed by atoms with Crippen LogP contribution in [0, 0.1) is 0 Å². The Bertz CT molecular complexity index is 296. The topological polar surface area (TPSA) is 29.9 Å². The first-order valence-corrected chi connectivity index (χ1v) is 3.04. The Labute approximate surface area is 58.7 Å². The molecule has 1 aromatic rings. The summed E-state index contributed by atoms with van der Waals surface area (Å²) in [5.41, 5.74) is 0.888. The van der Waals surface area contributed by atoms with E-state index in [0.717, 1.165) is 11.5 Å². The standard InChI is InChI=1S/C7H7N3/c1-6-2-4-8-7-3-5-9-10(6)7/h2-5,8H,1H2. The second kappa shape index (κ2) is 1.73. The van der Waals surface area contributed by atoms with Gasteiger partial charge in [0.1, 0.15) is 5.82 Å². The maximum atomic E-state index is 4.04. The van der Waals surface area contributed by atoms with Crippen molar-refractivity contribution in [2.24, 2.45) is 0 Å². The fraction of sp³-hybridized carbons (Fsp3) is 0. The summed E-state index contributed by atoms with van der Waals surface area (Å²) in [6.07, 6.45) is 5.46. The Kier molecular flexibility index (Phi) is 0.917. The van der Waals surface area contributed by atoms with Gasteiger partial charge in [0.05, 0.1) is 11.9 Å². The number of nitrogens with zero attached hydrogens (tertiary/aromatic N) is 2. The lowest BCUT2D eigenvalue weighted by molar-refractivity contribution is 0.911. The number of hydrogen-bond acceptors (Lipinski definition) is 2. The first kappa shape index (κ1) is 5.29. The van der Waals surface area contributed by atoms with E-state index in [1.54, 1.807) is 10.9 Å². The quantitative estimate of drug-likeness (QED) is 0.578. The molecule has 50 valence electrons. The first-order chi connectivity index (χ1) is 4.88. The lowest BCUT2D eigenvalue weighted by Gasteiger charge is -2.10. The van der Waals surface area contributed by atoms with Crippen LogP contribution >= 0.6 is 0 Å². The van der Waals surface area contributed by atoms with Crippen molar-refractivity contribution in [2.75, 3.05) is 5.32 Å². The van der Waals surface area contributed by atoms with Gasteiger partial charge in [-0.3, -0.25) is 0 Å². The molecule has 0 atom stereocenters. The minimum Gasteiger partial charge on any atom is -0.346 e. The fourth-order valence-electron chi connectivity index (χ4n) is 0.935. The first-order valence-electron chi connectivity index (χ1n) is 3.04. The molecule has 0 saturated heterocycles. The predicted molar refractivity (Wildman–Crippen MR) is 40.3 cm³/mol. The molecule has 3 heteroatoms. The van der Waals surface area contributed by atoms with Crippen LogP contribution in [-0.4, -0.2) is 9.78 Å². The maximum Gasteiger partial charge on any atom is 0.133 e. The molecule has 0 spiro atoms. The molecule has 2 heterocycles. The van der Waals surface area contributed by atoms with Crippen molar-refractivity contribution < 1.29 is 0 Å². The van der Waals surface area contributed by atoms with E-state index in [9.17, 15) is 0 Å². The van der Waals surface area contributed by atoms with E-state index in [1.807, 2.05) is 18.3 Å². The van der Waals surface area contributed by atoms with Crippen LogP contribution in [-0.2, 0) is 0 Å². The largest absolute Gasteiger partial charge is 0.346 e. The van der Waals surface area contributed by atoms with Gasteiger partial charge in [0.25, 0.3) is 0 Å². The molecule has 0 aliphatic carbocycles. The van der Waals surface area contributed by atoms with Gasteiger partial charge in [-0.1, -0.05) is 6.58 Å². The van der Waals surface area contributed by atoms with E-state index in [1.165, 1.54) is 0 Å². The molecule has 0 aromatic carbocycles. The highest BCUT2D eigenvalue weighted by molar-refractivity contribution is 5.64. The summed E-state index contributed by atoms with van der Waals surface area (Å²) < 4.78 is 1.75. The van der Waals surface area contributed by atoms with Gasteiger partial charge in [-0.25, -0.2) is 4.68 Å². The Hall–Kier alpha value is -1.51. The van der Waals surface area contributed by atoms with E-state index < -0.39 is 0 Å². The van der Waals surface area contributed by atoms with Crippen LogP contribution < -0.4 is 5.32 Å². The highest BCUT2D eigenvalue weighted by Crippen LogP contribution is 2.16. The molecule has 1 aliphatic rings. The number of allylic oxidation sites excluding steroid dienone is 2. The molecule has 10 heavy (non-hydrogen) atoms. The summed E-state index contributed by atoms with van der Waals surface area (Å²) in [6, 6.07) is 1.90. The molecule has 0 amide bonds. The van der Waals surface area contributed by atoms with Gasteiger partial charge in [0, 0.05) is 12.3 Å². The van der Waals surface area contributed by atoms with Crippen LogP contribution in [0.4, 0.5) is 5.82 Å². The number of anilines is 1. The molecular formula is C7H7N3. The molecule has 0 unspecified atom stereocenters. The predicted octanol–water partition coefficient (Wildman–Crippen LogP) is 1.29. The smallest absolute Gasteiger partial charge is 0.133 e. The SMILES string of the molecule is C=C1C=CNc2ccnn21. The summed E-state index contributed by atoms with van der Waals surface area (Å²) in [4.78, 5) is 0. The zero-order valence-electron chi connectivity index (χ0n) is 5.41. The van der Waals surface area contributed by atoms with E-state index in [2.05, 4.69) is 17.0 Å². The molecule has 0 radical (unpaired) electrons. The third kappa shape index (κ3) is 0.572. The van der Waals surface area contributed by atoms with Gasteiger partial charge in [-0.05, 0) is 6.08 Å². The van der Waals surface area contributed by atoms with Crippen molar-refractivity contribution in [1.29, 1.82) is 0 Å². The Balaban J connectivity index is 2.58. The number of aromatic nitrogens is 2. The van der Waals surface area contributed by atoms with Gasteiger partial charge in [-0.2, -0.15) is 5.10 Å². The zero-order chi connectivity index (χ0) is 6.97. The summed E-state index contributed by atoms with van der Waals surface area (Å²) in [5.74, 6) is 0.965. The molecule has 0 bridgehead atoms. The number of nitrogens with one attached hydrogen (secondary N) is 1. The summed E-state index contributed by atoms with van der Waals surface area (Å²) in [5, 5.41) is 7.07. The molecule has 1 aromatic heterocycles. The second-order valence-electron chi connectivity index (χ2n) is 2.10. The van der Waals surface area contributed by atoms with Crippen LogP contribution in [0.25, 0.3) is 5.70 Å². The minimum absolute atomic E-state index is 0.888. The van der Waals surface area contributed by atoms with Crippen molar-refractivity contribution in [2.45, 2.75) is 0 Å². The van der Waals surface area contributed by atoms with Gasteiger partial charge < -0.3 is 5.32 Å². The summed E-state index contributed by atoms with van der Waals surface area (Å²) >= 11 is 0. The van der Waals surface area contributed by atoms with E-state index in [-0.39, 0.29) is 0 Å². The van der Waals surface area contributed by atoms with Crippen molar-refractivity contribution in [1.82, 2.24) is 9.78 Å². The van der Waals surface area contributed by atoms with Crippen molar-refractivity contribution in [3.05, 3.63) is 31.1 Å². The van der Waals surface area contributed by atoms with Crippen LogP contribution in [0.5, 0.6) is 0 Å². The average Bonchev–Trinajstić information content (AvgIpc) is 2.36. The van der Waals surface area contributed by atoms with Crippen LogP contribution in [0.15, 0.2) is 31.1 Å². The Morgan fingerprint density at radius 1 is 1.60 bits per heavy atom.